The van der Waals surface area contributed by atoms with Gasteiger partial charge in [0.05, 0.1) is 6.42 Å². The van der Waals surface area contributed by atoms with Gasteiger partial charge in [0.25, 0.3) is 0 Å². The maximum Gasteiger partial charge on any atom is 0.231 e. The highest BCUT2D eigenvalue weighted by Gasteiger charge is 2.27. The van der Waals surface area contributed by atoms with E-state index in [0.29, 0.717) is 6.42 Å². The maximum atomic E-state index is 12.7. The molecule has 2 aromatic carbocycles. The van der Waals surface area contributed by atoms with Crippen LogP contribution in [-0.4, -0.2) is 17.1 Å². The molecule has 2 aromatic rings. The van der Waals surface area contributed by atoms with Gasteiger partial charge in [-0.1, -0.05) is 30.3 Å². The fraction of sp³-hybridized carbons (Fsp3) is 0.278. The van der Waals surface area contributed by atoms with Gasteiger partial charge in [0, 0.05) is 11.7 Å². The summed E-state index contributed by atoms with van der Waals surface area (Å²) in [5.74, 6) is 0.285. The number of hydrogen-bond donors (Lipinski definition) is 1. The number of carbonyl (C=O) groups is 1. The molecule has 1 unspecified atom stereocenters. The number of rotatable bonds is 2. The van der Waals surface area contributed by atoms with Crippen LogP contribution in [0.4, 0.5) is 5.69 Å². The average molecular weight is 281 g/mol. The van der Waals surface area contributed by atoms with E-state index in [-0.39, 0.29) is 17.7 Å². The molecule has 0 fully saturated rings. The molecule has 0 radical (unpaired) electrons. The van der Waals surface area contributed by atoms with Gasteiger partial charge >= 0.3 is 0 Å². The molecule has 0 aliphatic carbocycles. The van der Waals surface area contributed by atoms with E-state index in [2.05, 4.69) is 13.0 Å². The van der Waals surface area contributed by atoms with Crippen LogP contribution in [-0.2, 0) is 17.6 Å². The van der Waals surface area contributed by atoms with Crippen molar-refractivity contribution in [2.75, 3.05) is 4.90 Å². The second-order valence-electron chi connectivity index (χ2n) is 5.63. The molecule has 0 aromatic heterocycles. The number of amides is 1. The summed E-state index contributed by atoms with van der Waals surface area (Å²) in [5, 5.41) is 9.52. The molecule has 0 bridgehead atoms. The Kier molecular flexibility index (Phi) is 3.65. The molecule has 1 heterocycles. The van der Waals surface area contributed by atoms with Crippen LogP contribution in [0, 0.1) is 0 Å². The Hall–Kier alpha value is -2.29. The Balaban J connectivity index is 1.87. The van der Waals surface area contributed by atoms with Gasteiger partial charge in [0.15, 0.2) is 0 Å². The van der Waals surface area contributed by atoms with Crippen molar-refractivity contribution in [3.8, 4) is 5.75 Å². The lowest BCUT2D eigenvalue weighted by Crippen LogP contribution is -2.42. The molecule has 1 atom stereocenters. The summed E-state index contributed by atoms with van der Waals surface area (Å²) in [6.07, 6.45) is 2.32. The summed E-state index contributed by atoms with van der Waals surface area (Å²) >= 11 is 0. The van der Waals surface area contributed by atoms with E-state index in [1.165, 1.54) is 5.56 Å². The van der Waals surface area contributed by atoms with E-state index >= 15 is 0 Å². The number of hydrogen-bond acceptors (Lipinski definition) is 2. The molecule has 3 rings (SSSR count). The smallest absolute Gasteiger partial charge is 0.231 e. The summed E-state index contributed by atoms with van der Waals surface area (Å²) < 4.78 is 0. The first-order valence-electron chi connectivity index (χ1n) is 7.33. The van der Waals surface area contributed by atoms with Gasteiger partial charge in [-0.2, -0.15) is 0 Å². The van der Waals surface area contributed by atoms with Crippen molar-refractivity contribution in [3.05, 3.63) is 59.7 Å². The summed E-state index contributed by atoms with van der Waals surface area (Å²) in [4.78, 5) is 14.6. The molecule has 0 saturated heterocycles. The standard InChI is InChI=1S/C18H19NO2/c1-13-9-10-15-6-2-3-8-17(15)19(13)18(21)12-14-5-4-7-16(20)11-14/h2-8,11,13,20H,9-10,12H2,1H3. The van der Waals surface area contributed by atoms with Gasteiger partial charge in [0.2, 0.25) is 5.91 Å². The number of aromatic hydroxyl groups is 1. The van der Waals surface area contributed by atoms with Crippen molar-refractivity contribution < 1.29 is 9.90 Å². The zero-order valence-electron chi connectivity index (χ0n) is 12.1. The van der Waals surface area contributed by atoms with E-state index in [1.807, 2.05) is 29.2 Å². The maximum absolute atomic E-state index is 12.7. The Morgan fingerprint density at radius 3 is 2.86 bits per heavy atom. The first-order chi connectivity index (χ1) is 10.1. The number of phenols is 1. The Labute approximate surface area is 124 Å². The lowest BCUT2D eigenvalue weighted by molar-refractivity contribution is -0.118. The quantitative estimate of drug-likeness (QED) is 0.917. The lowest BCUT2D eigenvalue weighted by Gasteiger charge is -2.35. The first-order valence-corrected chi connectivity index (χ1v) is 7.33. The highest BCUT2D eigenvalue weighted by molar-refractivity contribution is 5.96. The van der Waals surface area contributed by atoms with E-state index in [0.717, 1.165) is 24.1 Å². The SMILES string of the molecule is CC1CCc2ccccc2N1C(=O)Cc1cccc(O)c1. The van der Waals surface area contributed by atoms with Gasteiger partial charge in [-0.3, -0.25) is 4.79 Å². The number of phenolic OH excluding ortho intramolecular Hbond substituents is 1. The van der Waals surface area contributed by atoms with E-state index < -0.39 is 0 Å². The zero-order valence-corrected chi connectivity index (χ0v) is 12.1. The van der Waals surface area contributed by atoms with Crippen molar-refractivity contribution >= 4 is 11.6 Å². The Morgan fingerprint density at radius 2 is 2.05 bits per heavy atom. The molecule has 21 heavy (non-hydrogen) atoms. The van der Waals surface area contributed by atoms with Crippen LogP contribution < -0.4 is 4.90 Å². The minimum atomic E-state index is 0.0836. The van der Waals surface area contributed by atoms with E-state index in [9.17, 15) is 9.90 Å². The number of fused-ring (bicyclic) bond motifs is 1. The molecule has 1 amide bonds. The third-order valence-electron chi connectivity index (χ3n) is 4.06. The Bertz CT molecular complexity index is 666. The number of aryl methyl sites for hydroxylation is 1. The first kappa shape index (κ1) is 13.7. The van der Waals surface area contributed by atoms with Gasteiger partial charge in [-0.15, -0.1) is 0 Å². The molecule has 1 N–H and O–H groups in total. The largest absolute Gasteiger partial charge is 0.508 e. The number of para-hydroxylation sites is 1. The van der Waals surface area contributed by atoms with Gasteiger partial charge in [-0.25, -0.2) is 0 Å². The van der Waals surface area contributed by atoms with Crippen LogP contribution in [0.5, 0.6) is 5.75 Å². The zero-order chi connectivity index (χ0) is 14.8. The highest BCUT2D eigenvalue weighted by atomic mass is 16.3. The van der Waals surface area contributed by atoms with E-state index in [1.54, 1.807) is 18.2 Å². The molecule has 0 spiro atoms. The van der Waals surface area contributed by atoms with E-state index in [4.69, 9.17) is 0 Å². The normalized spacial score (nSPS) is 17.4. The van der Waals surface area contributed by atoms with Crippen LogP contribution in [0.2, 0.25) is 0 Å². The minimum absolute atomic E-state index is 0.0836. The predicted molar refractivity (Wildman–Crippen MR) is 83.5 cm³/mol. The van der Waals surface area contributed by atoms with Crippen molar-refractivity contribution in [2.45, 2.75) is 32.2 Å². The Morgan fingerprint density at radius 1 is 1.24 bits per heavy atom. The number of anilines is 1. The second-order valence-corrected chi connectivity index (χ2v) is 5.63. The third kappa shape index (κ3) is 2.77. The fourth-order valence-electron chi connectivity index (χ4n) is 2.99. The van der Waals surface area contributed by atoms with Crippen LogP contribution in [0.3, 0.4) is 0 Å². The van der Waals surface area contributed by atoms with Gasteiger partial charge in [0.1, 0.15) is 5.75 Å². The van der Waals surface area contributed by atoms with Crippen molar-refractivity contribution in [1.29, 1.82) is 0 Å². The molecule has 3 heteroatoms. The van der Waals surface area contributed by atoms with Crippen molar-refractivity contribution in [1.82, 2.24) is 0 Å². The second kappa shape index (κ2) is 5.60. The van der Waals surface area contributed by atoms with Crippen LogP contribution in [0.15, 0.2) is 48.5 Å². The topological polar surface area (TPSA) is 40.5 Å². The average Bonchev–Trinajstić information content (AvgIpc) is 2.47. The van der Waals surface area contributed by atoms with Crippen LogP contribution in [0.1, 0.15) is 24.5 Å². The number of benzene rings is 2. The fourth-order valence-corrected chi connectivity index (χ4v) is 2.99. The lowest BCUT2D eigenvalue weighted by atomic mass is 9.96. The highest BCUT2D eigenvalue weighted by Crippen LogP contribution is 2.31. The van der Waals surface area contributed by atoms with Crippen molar-refractivity contribution in [2.24, 2.45) is 0 Å². The third-order valence-corrected chi connectivity index (χ3v) is 4.06. The minimum Gasteiger partial charge on any atom is -0.508 e. The molecule has 1 aliphatic heterocycles. The van der Waals surface area contributed by atoms with Gasteiger partial charge < -0.3 is 10.0 Å². The van der Waals surface area contributed by atoms with Crippen molar-refractivity contribution in [3.63, 3.8) is 0 Å². The molecule has 0 saturated carbocycles. The van der Waals surface area contributed by atoms with Crippen LogP contribution in [0.25, 0.3) is 0 Å². The summed E-state index contributed by atoms with van der Waals surface area (Å²) in [6.45, 7) is 2.09. The van der Waals surface area contributed by atoms with Gasteiger partial charge in [-0.05, 0) is 49.1 Å². The molecular formula is C18H19NO2. The predicted octanol–water partition coefficient (Wildman–Crippen LogP) is 3.30. The summed E-state index contributed by atoms with van der Waals surface area (Å²) in [5.41, 5.74) is 3.11. The molecule has 1 aliphatic rings. The molecule has 3 nitrogen and oxygen atoms in total. The molecular weight excluding hydrogens is 262 g/mol. The molecule has 108 valence electrons. The summed E-state index contributed by atoms with van der Waals surface area (Å²) in [6, 6.07) is 15.2. The summed E-state index contributed by atoms with van der Waals surface area (Å²) in [7, 11) is 0. The van der Waals surface area contributed by atoms with Crippen LogP contribution >= 0.6 is 0 Å². The number of nitrogens with zero attached hydrogens (tertiary/aromatic N) is 1. The monoisotopic (exact) mass is 281 g/mol. The number of carbonyl (C=O) groups excluding carboxylic acids is 1.